The van der Waals surface area contributed by atoms with Gasteiger partial charge in [-0.05, 0) is 46.2 Å². The highest BCUT2D eigenvalue weighted by Crippen LogP contribution is 2.40. The first-order valence-corrected chi connectivity index (χ1v) is 9.07. The van der Waals surface area contributed by atoms with E-state index < -0.39 is 0 Å². The fourth-order valence-electron chi connectivity index (χ4n) is 3.61. The van der Waals surface area contributed by atoms with Gasteiger partial charge in [0.15, 0.2) is 0 Å². The van der Waals surface area contributed by atoms with Crippen molar-refractivity contribution in [3.05, 3.63) is 78.0 Å². The van der Waals surface area contributed by atoms with Gasteiger partial charge in [0.05, 0.1) is 5.69 Å². The number of nitrogens with zero attached hydrogens (tertiary/aromatic N) is 1. The predicted molar refractivity (Wildman–Crippen MR) is 109 cm³/mol. The van der Waals surface area contributed by atoms with Gasteiger partial charge in [0.2, 0.25) is 0 Å². The van der Waals surface area contributed by atoms with Crippen molar-refractivity contribution in [1.82, 2.24) is 4.57 Å². The average Bonchev–Trinajstić information content (AvgIpc) is 3.03. The summed E-state index contributed by atoms with van der Waals surface area (Å²) >= 11 is 0. The lowest BCUT2D eigenvalue weighted by Gasteiger charge is -2.32. The molecule has 3 aromatic rings. The Kier molecular flexibility index (Phi) is 4.36. The molecule has 0 bridgehead atoms. The highest BCUT2D eigenvalue weighted by atomic mass is 15.0. The summed E-state index contributed by atoms with van der Waals surface area (Å²) in [7, 11) is 0. The average molecular weight is 332 g/mol. The largest absolute Gasteiger partial charge is 0.317 e. The van der Waals surface area contributed by atoms with Crippen LogP contribution in [0.4, 0.5) is 0 Å². The van der Waals surface area contributed by atoms with Crippen molar-refractivity contribution in [3.63, 3.8) is 0 Å². The van der Waals surface area contributed by atoms with E-state index in [1.54, 1.807) is 0 Å². The van der Waals surface area contributed by atoms with Crippen LogP contribution in [0.3, 0.4) is 0 Å². The molecule has 130 valence electrons. The highest BCUT2D eigenvalue weighted by Gasteiger charge is 2.28. The van der Waals surface area contributed by atoms with E-state index in [2.05, 4.69) is 113 Å². The Balaban J connectivity index is 2.29. The van der Waals surface area contributed by atoms with Crippen molar-refractivity contribution in [2.24, 2.45) is 0 Å². The molecular formula is C24H29N. The van der Waals surface area contributed by atoms with Gasteiger partial charge >= 0.3 is 0 Å². The molecule has 3 rings (SSSR count). The number of hydrogen-bond donors (Lipinski definition) is 0. The van der Waals surface area contributed by atoms with Gasteiger partial charge in [0.1, 0.15) is 0 Å². The maximum Gasteiger partial charge on any atom is 0.0531 e. The Bertz CT molecular complexity index is 855. The molecule has 0 aliphatic rings. The normalized spacial score (nSPS) is 12.4. The molecule has 0 radical (unpaired) electrons. The van der Waals surface area contributed by atoms with E-state index in [0.717, 1.165) is 0 Å². The quantitative estimate of drug-likeness (QED) is 0.490. The fourth-order valence-corrected chi connectivity index (χ4v) is 3.61. The van der Waals surface area contributed by atoms with Gasteiger partial charge in [0, 0.05) is 17.4 Å². The molecule has 1 heteroatoms. The molecule has 0 unspecified atom stereocenters. The third-order valence-corrected chi connectivity index (χ3v) is 4.68. The highest BCUT2D eigenvalue weighted by molar-refractivity contribution is 5.70. The minimum Gasteiger partial charge on any atom is -0.317 e. The molecule has 0 saturated carbocycles. The van der Waals surface area contributed by atoms with Crippen molar-refractivity contribution in [1.29, 1.82) is 0 Å². The molecule has 0 aliphatic heterocycles. The summed E-state index contributed by atoms with van der Waals surface area (Å²) in [5.74, 6) is 0. The molecule has 1 nitrogen and oxygen atoms in total. The molecule has 25 heavy (non-hydrogen) atoms. The molecule has 0 amide bonds. The van der Waals surface area contributed by atoms with E-state index in [4.69, 9.17) is 0 Å². The molecular weight excluding hydrogens is 302 g/mol. The smallest absolute Gasteiger partial charge is 0.0531 e. The molecule has 0 saturated heterocycles. The van der Waals surface area contributed by atoms with Gasteiger partial charge in [-0.2, -0.15) is 0 Å². The van der Waals surface area contributed by atoms with E-state index >= 15 is 0 Å². The van der Waals surface area contributed by atoms with Crippen LogP contribution in [0.2, 0.25) is 0 Å². The lowest BCUT2D eigenvalue weighted by Crippen LogP contribution is -2.23. The van der Waals surface area contributed by atoms with E-state index in [-0.39, 0.29) is 10.8 Å². The first-order chi connectivity index (χ1) is 11.7. The minimum absolute atomic E-state index is 0.0744. The predicted octanol–water partition coefficient (Wildman–Crippen LogP) is 6.74. The summed E-state index contributed by atoms with van der Waals surface area (Å²) in [5.41, 5.74) is 6.84. The number of para-hydroxylation sites is 1. The lowest BCUT2D eigenvalue weighted by atomic mass is 9.73. The molecule has 0 fully saturated rings. The van der Waals surface area contributed by atoms with Gasteiger partial charge in [-0.25, -0.2) is 0 Å². The van der Waals surface area contributed by atoms with E-state index in [0.29, 0.717) is 0 Å². The van der Waals surface area contributed by atoms with Gasteiger partial charge in [-0.3, -0.25) is 0 Å². The number of benzene rings is 2. The Morgan fingerprint density at radius 2 is 1.32 bits per heavy atom. The summed E-state index contributed by atoms with van der Waals surface area (Å²) in [6.45, 7) is 13.9. The summed E-state index contributed by atoms with van der Waals surface area (Å²) in [5, 5.41) is 0. The van der Waals surface area contributed by atoms with Crippen LogP contribution < -0.4 is 0 Å². The van der Waals surface area contributed by atoms with Crippen LogP contribution in [-0.2, 0) is 10.8 Å². The number of aromatic nitrogens is 1. The molecule has 2 aromatic carbocycles. The van der Waals surface area contributed by atoms with Crippen LogP contribution in [-0.4, -0.2) is 4.57 Å². The minimum atomic E-state index is 0.0744. The third kappa shape index (κ3) is 3.42. The van der Waals surface area contributed by atoms with Gasteiger partial charge in [-0.15, -0.1) is 0 Å². The van der Waals surface area contributed by atoms with Crippen LogP contribution in [0.1, 0.15) is 52.7 Å². The van der Waals surface area contributed by atoms with Crippen molar-refractivity contribution in [3.8, 4) is 16.9 Å². The molecule has 0 N–H and O–H groups in total. The van der Waals surface area contributed by atoms with Gasteiger partial charge in [-0.1, -0.05) is 77.9 Å². The topological polar surface area (TPSA) is 4.93 Å². The van der Waals surface area contributed by atoms with Crippen LogP contribution in [0, 0.1) is 0 Å². The third-order valence-electron chi connectivity index (χ3n) is 4.68. The summed E-state index contributed by atoms with van der Waals surface area (Å²) in [4.78, 5) is 0. The molecule has 1 aromatic heterocycles. The molecule has 1 heterocycles. The first kappa shape index (κ1) is 17.5. The second kappa shape index (κ2) is 6.22. The molecule has 0 aliphatic carbocycles. The maximum absolute atomic E-state index is 2.32. The van der Waals surface area contributed by atoms with Crippen molar-refractivity contribution in [2.45, 2.75) is 52.4 Å². The standard InChI is InChI=1S/C24H29N/c1-23(2,3)20-15-10-14-19(22(20)24(4,5)6)21-16-11-17-25(21)18-12-8-7-9-13-18/h7-17H,1-6H3. The van der Waals surface area contributed by atoms with E-state index in [1.807, 2.05) is 0 Å². The van der Waals surface area contributed by atoms with Gasteiger partial charge < -0.3 is 4.57 Å². The van der Waals surface area contributed by atoms with Gasteiger partial charge in [0.25, 0.3) is 0 Å². The lowest BCUT2D eigenvalue weighted by molar-refractivity contribution is 0.531. The van der Waals surface area contributed by atoms with Crippen molar-refractivity contribution >= 4 is 0 Å². The fraction of sp³-hybridized carbons (Fsp3) is 0.333. The zero-order chi connectivity index (χ0) is 18.2. The summed E-state index contributed by atoms with van der Waals surface area (Å²) in [6, 6.07) is 21.7. The maximum atomic E-state index is 2.32. The Hall–Kier alpha value is -2.28. The second-order valence-corrected chi connectivity index (χ2v) is 8.83. The first-order valence-electron chi connectivity index (χ1n) is 9.07. The van der Waals surface area contributed by atoms with Crippen LogP contribution in [0.25, 0.3) is 16.9 Å². The van der Waals surface area contributed by atoms with Crippen LogP contribution in [0.15, 0.2) is 66.9 Å². The zero-order valence-corrected chi connectivity index (χ0v) is 16.3. The Labute approximate surface area is 152 Å². The molecule has 0 atom stereocenters. The Morgan fingerprint density at radius 3 is 1.92 bits per heavy atom. The SMILES string of the molecule is CC(C)(C)c1cccc(-c2cccn2-c2ccccc2)c1C(C)(C)C. The summed E-state index contributed by atoms with van der Waals surface area (Å²) in [6.07, 6.45) is 2.15. The van der Waals surface area contributed by atoms with E-state index in [1.165, 1.54) is 28.1 Å². The molecule has 0 spiro atoms. The van der Waals surface area contributed by atoms with Crippen molar-refractivity contribution < 1.29 is 0 Å². The monoisotopic (exact) mass is 331 g/mol. The van der Waals surface area contributed by atoms with Crippen LogP contribution >= 0.6 is 0 Å². The summed E-state index contributed by atoms with van der Waals surface area (Å²) < 4.78 is 2.29. The number of rotatable bonds is 2. The van der Waals surface area contributed by atoms with Crippen LogP contribution in [0.5, 0.6) is 0 Å². The number of hydrogen-bond acceptors (Lipinski definition) is 0. The zero-order valence-electron chi connectivity index (χ0n) is 16.3. The Morgan fingerprint density at radius 1 is 0.640 bits per heavy atom. The van der Waals surface area contributed by atoms with E-state index in [9.17, 15) is 0 Å². The second-order valence-electron chi connectivity index (χ2n) is 8.83. The van der Waals surface area contributed by atoms with Crippen molar-refractivity contribution in [2.75, 3.05) is 0 Å².